The second-order valence-electron chi connectivity index (χ2n) is 7.05. The molecule has 27 heavy (non-hydrogen) atoms. The molecule has 1 aliphatic heterocycles. The van der Waals surface area contributed by atoms with Crippen molar-refractivity contribution in [3.8, 4) is 5.75 Å². The van der Waals surface area contributed by atoms with Gasteiger partial charge in [-0.3, -0.25) is 9.59 Å². The summed E-state index contributed by atoms with van der Waals surface area (Å²) < 4.78 is 5.66. The zero-order valence-electron chi connectivity index (χ0n) is 15.9. The third-order valence-electron chi connectivity index (χ3n) is 4.52. The first kappa shape index (κ1) is 19.0. The van der Waals surface area contributed by atoms with E-state index in [0.29, 0.717) is 22.6 Å². The monoisotopic (exact) mass is 366 g/mol. The lowest BCUT2D eigenvalue weighted by Gasteiger charge is -2.27. The minimum atomic E-state index is -0.261. The molecule has 142 valence electrons. The summed E-state index contributed by atoms with van der Waals surface area (Å²) in [6.07, 6.45) is 3.26. The highest BCUT2D eigenvalue weighted by Crippen LogP contribution is 2.22. The van der Waals surface area contributed by atoms with E-state index in [0.717, 1.165) is 32.4 Å². The van der Waals surface area contributed by atoms with Gasteiger partial charge in [-0.1, -0.05) is 18.2 Å². The third kappa shape index (κ3) is 4.88. The molecular weight excluding hydrogens is 340 g/mol. The molecule has 0 bridgehead atoms. The van der Waals surface area contributed by atoms with E-state index in [1.807, 2.05) is 36.9 Å². The molecule has 2 aromatic carbocycles. The molecule has 2 amide bonds. The third-order valence-corrected chi connectivity index (χ3v) is 4.52. The Bertz CT molecular complexity index is 811. The fourth-order valence-electron chi connectivity index (χ4n) is 3.22. The van der Waals surface area contributed by atoms with E-state index in [9.17, 15) is 9.59 Å². The van der Waals surface area contributed by atoms with E-state index in [-0.39, 0.29) is 17.9 Å². The van der Waals surface area contributed by atoms with Crippen molar-refractivity contribution in [3.05, 3.63) is 59.7 Å². The number of rotatable bonds is 5. The molecule has 2 aromatic rings. The molecule has 0 aromatic heterocycles. The first-order valence-corrected chi connectivity index (χ1v) is 9.51. The van der Waals surface area contributed by atoms with Gasteiger partial charge in [0.1, 0.15) is 5.75 Å². The number of carbonyl (C=O) groups excluding carboxylic acids is 2. The molecule has 5 heteroatoms. The van der Waals surface area contributed by atoms with Crippen LogP contribution in [0.4, 0.5) is 5.69 Å². The summed E-state index contributed by atoms with van der Waals surface area (Å²) >= 11 is 0. The first-order chi connectivity index (χ1) is 13.0. The van der Waals surface area contributed by atoms with E-state index in [1.165, 1.54) is 0 Å². The van der Waals surface area contributed by atoms with Crippen LogP contribution < -0.4 is 10.1 Å². The number of para-hydroxylation sites is 1. The molecule has 1 fully saturated rings. The molecule has 0 saturated carbocycles. The number of amides is 2. The number of anilines is 1. The van der Waals surface area contributed by atoms with E-state index in [2.05, 4.69) is 5.32 Å². The average Bonchev–Trinajstić information content (AvgIpc) is 2.68. The number of likely N-dealkylation sites (tertiary alicyclic amines) is 1. The predicted octanol–water partition coefficient (Wildman–Crippen LogP) is 4.35. The van der Waals surface area contributed by atoms with Crippen LogP contribution in [0.2, 0.25) is 0 Å². The summed E-state index contributed by atoms with van der Waals surface area (Å²) in [5.74, 6) is 0.362. The van der Waals surface area contributed by atoms with Crippen LogP contribution in [0, 0.1) is 0 Å². The van der Waals surface area contributed by atoms with Crippen molar-refractivity contribution < 1.29 is 14.3 Å². The number of carbonyl (C=O) groups is 2. The van der Waals surface area contributed by atoms with Gasteiger partial charge in [-0.05, 0) is 63.4 Å². The van der Waals surface area contributed by atoms with Crippen LogP contribution in [0.5, 0.6) is 5.75 Å². The lowest BCUT2D eigenvalue weighted by atomic mass is 10.1. The number of benzene rings is 2. The number of hydrogen-bond acceptors (Lipinski definition) is 3. The fraction of sp³-hybridized carbons (Fsp3) is 0.364. The maximum Gasteiger partial charge on any atom is 0.255 e. The molecule has 1 heterocycles. The minimum Gasteiger partial charge on any atom is -0.491 e. The van der Waals surface area contributed by atoms with Crippen molar-refractivity contribution in [3.63, 3.8) is 0 Å². The maximum absolute atomic E-state index is 12.9. The minimum absolute atomic E-state index is 0.0255. The van der Waals surface area contributed by atoms with Gasteiger partial charge >= 0.3 is 0 Å². The molecule has 0 radical (unpaired) electrons. The van der Waals surface area contributed by atoms with Crippen LogP contribution >= 0.6 is 0 Å². The summed E-state index contributed by atoms with van der Waals surface area (Å²) in [5.41, 5.74) is 1.56. The van der Waals surface area contributed by atoms with Gasteiger partial charge < -0.3 is 15.0 Å². The van der Waals surface area contributed by atoms with Gasteiger partial charge in [0, 0.05) is 18.7 Å². The first-order valence-electron chi connectivity index (χ1n) is 9.51. The molecule has 0 spiro atoms. The second-order valence-corrected chi connectivity index (χ2v) is 7.05. The van der Waals surface area contributed by atoms with E-state index in [1.54, 1.807) is 30.3 Å². The largest absolute Gasteiger partial charge is 0.491 e. The zero-order chi connectivity index (χ0) is 19.2. The van der Waals surface area contributed by atoms with Crippen molar-refractivity contribution in [2.24, 2.45) is 0 Å². The Morgan fingerprint density at radius 1 is 1.00 bits per heavy atom. The number of nitrogens with one attached hydrogen (secondary N) is 1. The van der Waals surface area contributed by atoms with Crippen LogP contribution in [0.3, 0.4) is 0 Å². The molecule has 3 rings (SSSR count). The summed E-state index contributed by atoms with van der Waals surface area (Å²) in [4.78, 5) is 27.4. The van der Waals surface area contributed by atoms with E-state index >= 15 is 0 Å². The van der Waals surface area contributed by atoms with Gasteiger partial charge in [-0.15, -0.1) is 0 Å². The lowest BCUT2D eigenvalue weighted by Crippen LogP contribution is -2.36. The van der Waals surface area contributed by atoms with Crippen LogP contribution in [-0.2, 0) is 0 Å². The lowest BCUT2D eigenvalue weighted by molar-refractivity contribution is 0.0725. The molecule has 0 atom stereocenters. The van der Waals surface area contributed by atoms with Gasteiger partial charge in [-0.25, -0.2) is 0 Å². The Kier molecular flexibility index (Phi) is 6.12. The van der Waals surface area contributed by atoms with Gasteiger partial charge in [0.05, 0.1) is 17.4 Å². The Labute approximate surface area is 160 Å². The van der Waals surface area contributed by atoms with Crippen LogP contribution in [-0.4, -0.2) is 35.9 Å². The van der Waals surface area contributed by atoms with Crippen molar-refractivity contribution in [1.82, 2.24) is 4.90 Å². The number of nitrogens with zero attached hydrogens (tertiary/aromatic N) is 1. The number of hydrogen-bond donors (Lipinski definition) is 1. The normalized spacial score (nSPS) is 14.1. The molecular formula is C22H26N2O3. The Hall–Kier alpha value is -2.82. The van der Waals surface area contributed by atoms with Gasteiger partial charge in [0.25, 0.3) is 11.8 Å². The van der Waals surface area contributed by atoms with Gasteiger partial charge in [0.15, 0.2) is 0 Å². The van der Waals surface area contributed by atoms with Crippen molar-refractivity contribution >= 4 is 17.5 Å². The van der Waals surface area contributed by atoms with E-state index < -0.39 is 0 Å². The summed E-state index contributed by atoms with van der Waals surface area (Å²) in [6, 6.07) is 14.2. The Morgan fingerprint density at radius 3 is 2.48 bits per heavy atom. The number of ether oxygens (including phenoxy) is 1. The number of piperidine rings is 1. The average molecular weight is 366 g/mol. The van der Waals surface area contributed by atoms with Crippen molar-refractivity contribution in [1.29, 1.82) is 0 Å². The molecule has 5 nitrogen and oxygen atoms in total. The van der Waals surface area contributed by atoms with Crippen LogP contribution in [0.25, 0.3) is 0 Å². The van der Waals surface area contributed by atoms with Gasteiger partial charge in [-0.2, -0.15) is 0 Å². The summed E-state index contributed by atoms with van der Waals surface area (Å²) in [5, 5.41) is 2.89. The van der Waals surface area contributed by atoms with Gasteiger partial charge in [0.2, 0.25) is 0 Å². The Balaban J connectivity index is 1.77. The quantitative estimate of drug-likeness (QED) is 0.856. The maximum atomic E-state index is 12.9. The standard InChI is InChI=1S/C22H26N2O3/c1-16(2)27-18-10-8-9-17(15-18)21(25)23-20-12-5-4-11-19(20)22(26)24-13-6-3-7-14-24/h4-5,8-12,15-16H,3,6-7,13-14H2,1-2H3,(H,23,25). The van der Waals surface area contributed by atoms with Crippen molar-refractivity contribution in [2.45, 2.75) is 39.2 Å². The molecule has 1 aliphatic rings. The van der Waals surface area contributed by atoms with Crippen LogP contribution in [0.15, 0.2) is 48.5 Å². The zero-order valence-corrected chi connectivity index (χ0v) is 15.9. The SMILES string of the molecule is CC(C)Oc1cccc(C(=O)Nc2ccccc2C(=O)N2CCCCC2)c1. The summed E-state index contributed by atoms with van der Waals surface area (Å²) in [7, 11) is 0. The highest BCUT2D eigenvalue weighted by Gasteiger charge is 2.21. The Morgan fingerprint density at radius 2 is 1.74 bits per heavy atom. The van der Waals surface area contributed by atoms with Crippen LogP contribution in [0.1, 0.15) is 53.8 Å². The second kappa shape index (κ2) is 8.71. The highest BCUT2D eigenvalue weighted by atomic mass is 16.5. The molecule has 1 N–H and O–H groups in total. The van der Waals surface area contributed by atoms with E-state index in [4.69, 9.17) is 4.74 Å². The topological polar surface area (TPSA) is 58.6 Å². The predicted molar refractivity (Wildman–Crippen MR) is 106 cm³/mol. The molecule has 0 aliphatic carbocycles. The smallest absolute Gasteiger partial charge is 0.255 e. The van der Waals surface area contributed by atoms with Crippen molar-refractivity contribution in [2.75, 3.05) is 18.4 Å². The fourth-order valence-corrected chi connectivity index (χ4v) is 3.22. The molecule has 1 saturated heterocycles. The molecule has 0 unspecified atom stereocenters. The summed E-state index contributed by atoms with van der Waals surface area (Å²) in [6.45, 7) is 5.43. The highest BCUT2D eigenvalue weighted by molar-refractivity contribution is 6.09.